The molecule has 0 unspecified atom stereocenters. The molecule has 0 aliphatic heterocycles. The number of nitrogens with one attached hydrogen (secondary N) is 1. The van der Waals surface area contributed by atoms with Crippen LogP contribution in [0, 0.1) is 5.82 Å². The number of nitrogens with zero attached hydrogens (tertiary/aromatic N) is 2. The van der Waals surface area contributed by atoms with Crippen LogP contribution in [0.2, 0.25) is 0 Å². The highest BCUT2D eigenvalue weighted by atomic mass is 19.1. The molecule has 0 aliphatic rings. The SMILES string of the molecule is Cn1ncc(C(=O)Nc2cccc(F)c2)c1N. The number of aromatic nitrogens is 2. The van der Waals surface area contributed by atoms with E-state index < -0.39 is 11.7 Å². The van der Waals surface area contributed by atoms with E-state index in [0.29, 0.717) is 5.69 Å². The fourth-order valence-electron chi connectivity index (χ4n) is 1.39. The Balaban J connectivity index is 2.20. The van der Waals surface area contributed by atoms with Crippen LogP contribution in [0.3, 0.4) is 0 Å². The first-order valence-corrected chi connectivity index (χ1v) is 4.92. The van der Waals surface area contributed by atoms with Gasteiger partial charge in [0.25, 0.3) is 5.91 Å². The Morgan fingerprint density at radius 2 is 2.29 bits per heavy atom. The third-order valence-corrected chi connectivity index (χ3v) is 2.31. The lowest BCUT2D eigenvalue weighted by Crippen LogP contribution is -2.13. The monoisotopic (exact) mass is 234 g/mol. The van der Waals surface area contributed by atoms with Gasteiger partial charge in [-0.25, -0.2) is 4.39 Å². The number of amides is 1. The minimum atomic E-state index is -0.416. The normalized spacial score (nSPS) is 10.2. The largest absolute Gasteiger partial charge is 0.383 e. The van der Waals surface area contributed by atoms with E-state index in [1.165, 1.54) is 29.1 Å². The first-order chi connectivity index (χ1) is 8.08. The Hall–Kier alpha value is -2.37. The highest BCUT2D eigenvalue weighted by Crippen LogP contribution is 2.14. The van der Waals surface area contributed by atoms with Gasteiger partial charge in [0.15, 0.2) is 0 Å². The number of rotatable bonds is 2. The fraction of sp³-hybridized carbons (Fsp3) is 0.0909. The summed E-state index contributed by atoms with van der Waals surface area (Å²) in [4.78, 5) is 11.8. The Morgan fingerprint density at radius 1 is 1.53 bits per heavy atom. The summed E-state index contributed by atoms with van der Waals surface area (Å²) in [5, 5.41) is 6.39. The summed E-state index contributed by atoms with van der Waals surface area (Å²) < 4.78 is 14.3. The third-order valence-electron chi connectivity index (χ3n) is 2.31. The van der Waals surface area contributed by atoms with Gasteiger partial charge in [-0.1, -0.05) is 6.07 Å². The topological polar surface area (TPSA) is 72.9 Å². The predicted octanol–water partition coefficient (Wildman–Crippen LogP) is 1.39. The zero-order valence-electron chi connectivity index (χ0n) is 9.14. The van der Waals surface area contributed by atoms with E-state index in [4.69, 9.17) is 5.73 Å². The molecule has 3 N–H and O–H groups in total. The number of benzene rings is 1. The fourth-order valence-corrected chi connectivity index (χ4v) is 1.39. The van der Waals surface area contributed by atoms with E-state index in [-0.39, 0.29) is 11.4 Å². The second-order valence-corrected chi connectivity index (χ2v) is 3.53. The zero-order chi connectivity index (χ0) is 12.4. The van der Waals surface area contributed by atoms with Gasteiger partial charge in [0, 0.05) is 12.7 Å². The van der Waals surface area contributed by atoms with E-state index >= 15 is 0 Å². The molecule has 6 heteroatoms. The number of halogens is 1. The van der Waals surface area contributed by atoms with Gasteiger partial charge < -0.3 is 11.1 Å². The van der Waals surface area contributed by atoms with Crippen LogP contribution in [0.25, 0.3) is 0 Å². The highest BCUT2D eigenvalue weighted by Gasteiger charge is 2.13. The number of nitrogens with two attached hydrogens (primary N) is 1. The van der Waals surface area contributed by atoms with Crippen molar-refractivity contribution in [3.8, 4) is 0 Å². The molecule has 0 spiro atoms. The summed E-state index contributed by atoms with van der Waals surface area (Å²) in [6.45, 7) is 0. The molecule has 0 atom stereocenters. The second-order valence-electron chi connectivity index (χ2n) is 3.53. The maximum absolute atomic E-state index is 12.9. The zero-order valence-corrected chi connectivity index (χ0v) is 9.14. The van der Waals surface area contributed by atoms with E-state index in [0.717, 1.165) is 0 Å². The van der Waals surface area contributed by atoms with Crippen LogP contribution in [0.5, 0.6) is 0 Å². The molecular weight excluding hydrogens is 223 g/mol. The van der Waals surface area contributed by atoms with Gasteiger partial charge in [-0.2, -0.15) is 5.10 Å². The predicted molar refractivity (Wildman–Crippen MR) is 62.0 cm³/mol. The van der Waals surface area contributed by atoms with Crippen molar-refractivity contribution in [3.63, 3.8) is 0 Å². The van der Waals surface area contributed by atoms with E-state index in [9.17, 15) is 9.18 Å². The first-order valence-electron chi connectivity index (χ1n) is 4.92. The van der Waals surface area contributed by atoms with Crippen LogP contribution >= 0.6 is 0 Å². The second kappa shape index (κ2) is 4.25. The molecule has 0 saturated heterocycles. The van der Waals surface area contributed by atoms with Crippen molar-refractivity contribution in [1.29, 1.82) is 0 Å². The van der Waals surface area contributed by atoms with Crippen LogP contribution in [0.1, 0.15) is 10.4 Å². The highest BCUT2D eigenvalue weighted by molar-refractivity contribution is 6.07. The summed E-state index contributed by atoms with van der Waals surface area (Å²) in [5.74, 6) is -0.568. The Bertz CT molecular complexity index is 564. The van der Waals surface area contributed by atoms with Crippen molar-refractivity contribution < 1.29 is 9.18 Å². The molecule has 1 amide bonds. The Morgan fingerprint density at radius 3 is 2.88 bits per heavy atom. The number of nitrogen functional groups attached to an aromatic ring is 1. The van der Waals surface area contributed by atoms with Gasteiger partial charge >= 0.3 is 0 Å². The third kappa shape index (κ3) is 2.25. The molecular formula is C11H11FN4O. The quantitative estimate of drug-likeness (QED) is 0.824. The van der Waals surface area contributed by atoms with E-state index in [1.807, 2.05) is 0 Å². The number of hydrogen-bond acceptors (Lipinski definition) is 3. The summed E-state index contributed by atoms with van der Waals surface area (Å²) in [5.41, 5.74) is 6.29. The molecule has 1 heterocycles. The molecule has 0 radical (unpaired) electrons. The smallest absolute Gasteiger partial charge is 0.261 e. The molecule has 17 heavy (non-hydrogen) atoms. The van der Waals surface area contributed by atoms with Crippen LogP contribution < -0.4 is 11.1 Å². The van der Waals surface area contributed by atoms with Crippen molar-refractivity contribution in [1.82, 2.24) is 9.78 Å². The van der Waals surface area contributed by atoms with Gasteiger partial charge in [-0.3, -0.25) is 9.48 Å². The van der Waals surface area contributed by atoms with Gasteiger partial charge in [0.1, 0.15) is 17.2 Å². The standard InChI is InChI=1S/C11H11FN4O/c1-16-10(13)9(6-14-16)11(17)15-8-4-2-3-7(12)5-8/h2-6H,13H2,1H3,(H,15,17). The number of hydrogen-bond donors (Lipinski definition) is 2. The minimum absolute atomic E-state index is 0.261. The van der Waals surface area contributed by atoms with Crippen LogP contribution in [-0.4, -0.2) is 15.7 Å². The molecule has 0 aliphatic carbocycles. The van der Waals surface area contributed by atoms with Crippen molar-refractivity contribution >= 4 is 17.4 Å². The minimum Gasteiger partial charge on any atom is -0.383 e. The maximum atomic E-state index is 12.9. The Kier molecular flexibility index (Phi) is 2.78. The van der Waals surface area contributed by atoms with Crippen molar-refractivity contribution in [2.24, 2.45) is 7.05 Å². The molecule has 0 bridgehead atoms. The lowest BCUT2D eigenvalue weighted by molar-refractivity contribution is 0.102. The van der Waals surface area contributed by atoms with Crippen molar-refractivity contribution in [2.75, 3.05) is 11.1 Å². The van der Waals surface area contributed by atoms with Gasteiger partial charge in [-0.15, -0.1) is 0 Å². The van der Waals surface area contributed by atoms with Crippen molar-refractivity contribution in [2.45, 2.75) is 0 Å². The number of carbonyl (C=O) groups excluding carboxylic acids is 1. The summed E-state index contributed by atoms with van der Waals surface area (Å²) in [6, 6.07) is 5.63. The lowest BCUT2D eigenvalue weighted by atomic mass is 10.2. The Labute approximate surface area is 97.0 Å². The number of carbonyl (C=O) groups is 1. The molecule has 88 valence electrons. The summed E-state index contributed by atoms with van der Waals surface area (Å²) in [6.07, 6.45) is 1.37. The lowest BCUT2D eigenvalue weighted by Gasteiger charge is -2.04. The van der Waals surface area contributed by atoms with E-state index in [2.05, 4.69) is 10.4 Å². The van der Waals surface area contributed by atoms with Crippen molar-refractivity contribution in [3.05, 3.63) is 41.8 Å². The molecule has 2 rings (SSSR count). The maximum Gasteiger partial charge on any atom is 0.261 e. The average molecular weight is 234 g/mol. The van der Waals surface area contributed by atoms with Gasteiger partial charge in [-0.05, 0) is 18.2 Å². The molecule has 1 aromatic carbocycles. The molecule has 1 aromatic heterocycles. The molecule has 2 aromatic rings. The van der Waals surface area contributed by atoms with Crippen LogP contribution in [0.15, 0.2) is 30.5 Å². The average Bonchev–Trinajstić information content (AvgIpc) is 2.60. The molecule has 0 fully saturated rings. The van der Waals surface area contributed by atoms with E-state index in [1.54, 1.807) is 13.1 Å². The number of anilines is 2. The summed E-state index contributed by atoms with van der Waals surface area (Å²) in [7, 11) is 1.63. The summed E-state index contributed by atoms with van der Waals surface area (Å²) >= 11 is 0. The molecule has 0 saturated carbocycles. The van der Waals surface area contributed by atoms with Gasteiger partial charge in [0.2, 0.25) is 0 Å². The van der Waals surface area contributed by atoms with Gasteiger partial charge in [0.05, 0.1) is 6.20 Å². The van der Waals surface area contributed by atoms with Crippen LogP contribution in [0.4, 0.5) is 15.9 Å². The number of aryl methyl sites for hydroxylation is 1. The van der Waals surface area contributed by atoms with Crippen LogP contribution in [-0.2, 0) is 7.05 Å². The first kappa shape index (κ1) is 11.1. The molecule has 5 nitrogen and oxygen atoms in total.